The van der Waals surface area contributed by atoms with E-state index in [1.54, 1.807) is 6.07 Å². The van der Waals surface area contributed by atoms with E-state index in [1.165, 1.54) is 6.07 Å². The molecule has 1 aromatic carbocycles. The molecule has 0 radical (unpaired) electrons. The van der Waals surface area contributed by atoms with Crippen molar-refractivity contribution in [2.75, 3.05) is 13.2 Å². The maximum atomic E-state index is 11.7. The molecule has 0 saturated carbocycles. The molecule has 136 valence electrons. The molecule has 1 aromatic rings. The summed E-state index contributed by atoms with van der Waals surface area (Å²) in [5.41, 5.74) is 0.274. The zero-order valence-electron chi connectivity index (χ0n) is 13.9. The molecule has 0 aliphatic heterocycles. The van der Waals surface area contributed by atoms with Crippen LogP contribution in [-0.2, 0) is 21.3 Å². The molecule has 0 amide bonds. The lowest BCUT2D eigenvalue weighted by molar-refractivity contribution is -0.137. The molecule has 2 N–H and O–H groups in total. The number of carbonyl (C=O) groups is 1. The van der Waals surface area contributed by atoms with Crippen molar-refractivity contribution in [1.82, 2.24) is 0 Å². The number of aliphatic carboxylic acids is 1. The monoisotopic (exact) mass is 360 g/mol. The van der Waals surface area contributed by atoms with Crippen molar-refractivity contribution in [3.63, 3.8) is 0 Å². The zero-order chi connectivity index (χ0) is 18.2. The molecule has 0 unspecified atom stereocenters. The minimum atomic E-state index is -4.49. The van der Waals surface area contributed by atoms with Crippen LogP contribution in [0.4, 0.5) is 0 Å². The third kappa shape index (κ3) is 6.37. The topological polar surface area (TPSA) is 110 Å². The smallest absolute Gasteiger partial charge is 0.303 e. The Morgan fingerprint density at radius 1 is 1.12 bits per heavy atom. The summed E-state index contributed by atoms with van der Waals surface area (Å²) < 4.78 is 44.0. The van der Waals surface area contributed by atoms with Gasteiger partial charge in [0.1, 0.15) is 16.4 Å². The van der Waals surface area contributed by atoms with E-state index in [-0.39, 0.29) is 35.5 Å². The van der Waals surface area contributed by atoms with Crippen LogP contribution < -0.4 is 9.47 Å². The van der Waals surface area contributed by atoms with Crippen LogP contribution in [0.5, 0.6) is 11.5 Å². The summed E-state index contributed by atoms with van der Waals surface area (Å²) in [4.78, 5) is 10.4. The van der Waals surface area contributed by atoms with Crippen molar-refractivity contribution >= 4 is 16.1 Å². The van der Waals surface area contributed by atoms with Gasteiger partial charge in [0.25, 0.3) is 10.1 Å². The maximum Gasteiger partial charge on any atom is 0.303 e. The van der Waals surface area contributed by atoms with Crippen LogP contribution in [0, 0.1) is 0 Å². The molecule has 0 bridgehead atoms. The van der Waals surface area contributed by atoms with Crippen LogP contribution in [0.3, 0.4) is 0 Å². The van der Waals surface area contributed by atoms with Crippen LogP contribution in [-0.4, -0.2) is 37.3 Å². The first-order valence-electron chi connectivity index (χ1n) is 7.91. The van der Waals surface area contributed by atoms with Crippen LogP contribution in [0.1, 0.15) is 45.1 Å². The Morgan fingerprint density at radius 3 is 2.29 bits per heavy atom. The number of carboxylic acids is 1. The van der Waals surface area contributed by atoms with Gasteiger partial charge in [0.15, 0.2) is 0 Å². The molecule has 7 nitrogen and oxygen atoms in total. The summed E-state index contributed by atoms with van der Waals surface area (Å²) in [5.74, 6) is -0.386. The molecule has 0 fully saturated rings. The van der Waals surface area contributed by atoms with Crippen LogP contribution >= 0.6 is 0 Å². The zero-order valence-corrected chi connectivity index (χ0v) is 14.8. The average molecular weight is 360 g/mol. The summed E-state index contributed by atoms with van der Waals surface area (Å²) >= 11 is 0. The van der Waals surface area contributed by atoms with E-state index in [0.29, 0.717) is 19.0 Å². The predicted molar refractivity (Wildman–Crippen MR) is 88.4 cm³/mol. The Bertz CT molecular complexity index is 653. The van der Waals surface area contributed by atoms with E-state index in [4.69, 9.17) is 14.6 Å². The van der Waals surface area contributed by atoms with Gasteiger partial charge in [0, 0.05) is 24.1 Å². The van der Waals surface area contributed by atoms with Crippen molar-refractivity contribution in [3.05, 3.63) is 17.7 Å². The maximum absolute atomic E-state index is 11.7. The van der Waals surface area contributed by atoms with E-state index in [0.717, 1.165) is 12.8 Å². The number of ether oxygens (including phenoxy) is 2. The molecule has 0 saturated heterocycles. The Hall–Kier alpha value is -1.80. The lowest BCUT2D eigenvalue weighted by Crippen LogP contribution is -2.09. The van der Waals surface area contributed by atoms with Gasteiger partial charge in [-0.25, -0.2) is 0 Å². The van der Waals surface area contributed by atoms with Gasteiger partial charge in [-0.15, -0.1) is 0 Å². The lowest BCUT2D eigenvalue weighted by Gasteiger charge is -2.16. The second-order valence-electron chi connectivity index (χ2n) is 5.32. The lowest BCUT2D eigenvalue weighted by atomic mass is 10.1. The van der Waals surface area contributed by atoms with Gasteiger partial charge in [0.2, 0.25) is 0 Å². The van der Waals surface area contributed by atoms with E-state index < -0.39 is 16.1 Å². The van der Waals surface area contributed by atoms with Gasteiger partial charge in [-0.3, -0.25) is 9.35 Å². The number of rotatable bonds is 11. The molecule has 0 spiro atoms. The van der Waals surface area contributed by atoms with Gasteiger partial charge >= 0.3 is 5.97 Å². The van der Waals surface area contributed by atoms with E-state index in [9.17, 15) is 17.8 Å². The van der Waals surface area contributed by atoms with Gasteiger partial charge in [-0.05, 0) is 25.7 Å². The molecule has 0 aliphatic carbocycles. The SMILES string of the molecule is CCCOc1cc(OCCC)c(CCCC(=O)O)c(S(=O)(=O)O)c1. The van der Waals surface area contributed by atoms with Gasteiger partial charge in [-0.2, -0.15) is 8.42 Å². The average Bonchev–Trinajstić information content (AvgIpc) is 2.50. The molecule has 0 atom stereocenters. The highest BCUT2D eigenvalue weighted by atomic mass is 32.2. The highest BCUT2D eigenvalue weighted by molar-refractivity contribution is 7.85. The van der Waals surface area contributed by atoms with Gasteiger partial charge < -0.3 is 14.6 Å². The van der Waals surface area contributed by atoms with Crippen LogP contribution in [0.25, 0.3) is 0 Å². The normalized spacial score (nSPS) is 11.3. The molecule has 0 aromatic heterocycles. The molecule has 0 aliphatic rings. The summed E-state index contributed by atoms with van der Waals surface area (Å²) in [5, 5.41) is 8.75. The molecule has 24 heavy (non-hydrogen) atoms. The summed E-state index contributed by atoms with van der Waals surface area (Å²) in [6.07, 6.45) is 1.75. The van der Waals surface area contributed by atoms with Gasteiger partial charge in [0.05, 0.1) is 13.2 Å². The fourth-order valence-electron chi connectivity index (χ4n) is 2.13. The largest absolute Gasteiger partial charge is 0.493 e. The molecule has 8 heteroatoms. The number of hydrogen-bond donors (Lipinski definition) is 2. The first-order valence-corrected chi connectivity index (χ1v) is 9.35. The molecular formula is C16H24O7S. The third-order valence-corrected chi connectivity index (χ3v) is 4.09. The first kappa shape index (κ1) is 20.2. The minimum Gasteiger partial charge on any atom is -0.493 e. The molecule has 0 heterocycles. The van der Waals surface area contributed by atoms with E-state index in [2.05, 4.69) is 0 Å². The molecule has 1 rings (SSSR count). The Labute approximate surface area is 142 Å². The highest BCUT2D eigenvalue weighted by Crippen LogP contribution is 2.33. The summed E-state index contributed by atoms with van der Waals surface area (Å²) in [7, 11) is -4.49. The summed E-state index contributed by atoms with van der Waals surface area (Å²) in [6, 6.07) is 2.83. The molecular weight excluding hydrogens is 336 g/mol. The van der Waals surface area contributed by atoms with E-state index >= 15 is 0 Å². The second-order valence-corrected chi connectivity index (χ2v) is 6.71. The van der Waals surface area contributed by atoms with Crippen molar-refractivity contribution in [2.45, 2.75) is 50.8 Å². The van der Waals surface area contributed by atoms with E-state index in [1.807, 2.05) is 13.8 Å². The number of hydrogen-bond acceptors (Lipinski definition) is 5. The summed E-state index contributed by atoms with van der Waals surface area (Å²) in [6.45, 7) is 4.59. The highest BCUT2D eigenvalue weighted by Gasteiger charge is 2.22. The van der Waals surface area contributed by atoms with Crippen molar-refractivity contribution in [1.29, 1.82) is 0 Å². The quantitative estimate of drug-likeness (QED) is 0.584. The van der Waals surface area contributed by atoms with Crippen LogP contribution in [0.15, 0.2) is 17.0 Å². The fourth-order valence-corrected chi connectivity index (χ4v) is 2.91. The minimum absolute atomic E-state index is 0.105. The van der Waals surface area contributed by atoms with Crippen LogP contribution in [0.2, 0.25) is 0 Å². The number of carboxylic acid groups (broad SMARTS) is 1. The Morgan fingerprint density at radius 2 is 1.75 bits per heavy atom. The third-order valence-electron chi connectivity index (χ3n) is 3.17. The van der Waals surface area contributed by atoms with Crippen molar-refractivity contribution in [3.8, 4) is 11.5 Å². The standard InChI is InChI=1S/C16H24O7S/c1-3-8-22-12-10-14(23-9-4-2)13(6-5-7-16(17)18)15(11-12)24(19,20)21/h10-11H,3-9H2,1-2H3,(H,17,18)(H,19,20,21). The Balaban J connectivity index is 3.28. The van der Waals surface area contributed by atoms with Crippen molar-refractivity contribution in [2.24, 2.45) is 0 Å². The first-order chi connectivity index (χ1) is 11.3. The van der Waals surface area contributed by atoms with Gasteiger partial charge in [-0.1, -0.05) is 13.8 Å². The Kier molecular flexibility index (Phi) is 8.00. The predicted octanol–water partition coefficient (Wildman–Crippen LogP) is 2.92. The fraction of sp³-hybridized carbons (Fsp3) is 0.562. The van der Waals surface area contributed by atoms with Crippen molar-refractivity contribution < 1.29 is 32.3 Å². The number of benzene rings is 1. The second kappa shape index (κ2) is 9.48.